The minimum atomic E-state index is -1.55. The smallest absolute Gasteiger partial charge is 0.195 e. The predicted octanol–water partition coefficient (Wildman–Crippen LogP) is 7.06. The molecule has 0 atom stereocenters. The third-order valence-electron chi connectivity index (χ3n) is 4.73. The monoisotopic (exact) mass is 402 g/mol. The second-order valence-electron chi connectivity index (χ2n) is 6.92. The van der Waals surface area contributed by atoms with Crippen molar-refractivity contribution in [3.8, 4) is 11.8 Å². The molecule has 150 valence electrons. The van der Waals surface area contributed by atoms with Crippen molar-refractivity contribution >= 4 is 10.8 Å². The van der Waals surface area contributed by atoms with Crippen LogP contribution in [0.1, 0.15) is 49.3 Å². The molecule has 3 rings (SSSR count). The summed E-state index contributed by atoms with van der Waals surface area (Å²) in [4.78, 5) is 0. The van der Waals surface area contributed by atoms with Crippen LogP contribution >= 0.6 is 0 Å². The summed E-state index contributed by atoms with van der Waals surface area (Å²) in [6.07, 6.45) is 4.64. The normalized spacial score (nSPS) is 10.8. The molecule has 0 aliphatic heterocycles. The van der Waals surface area contributed by atoms with Crippen LogP contribution < -0.4 is 0 Å². The molecule has 0 aromatic heterocycles. The van der Waals surface area contributed by atoms with Gasteiger partial charge in [0.1, 0.15) is 11.6 Å². The van der Waals surface area contributed by atoms with E-state index in [1.165, 1.54) is 30.3 Å². The number of halogens is 5. The lowest BCUT2D eigenvalue weighted by atomic mass is 10.0. The number of aryl methyl sites for hydroxylation is 1. The van der Waals surface area contributed by atoms with Gasteiger partial charge in [0.05, 0.1) is 5.56 Å². The highest BCUT2D eigenvalue weighted by atomic mass is 19.2. The lowest BCUT2D eigenvalue weighted by molar-refractivity contribution is 0.453. The van der Waals surface area contributed by atoms with E-state index in [0.717, 1.165) is 31.7 Å². The molecule has 3 aromatic carbocycles. The Morgan fingerprint density at radius 2 is 1.45 bits per heavy atom. The molecular weight excluding hydrogens is 383 g/mol. The summed E-state index contributed by atoms with van der Waals surface area (Å²) in [5.74, 6) is -0.596. The zero-order chi connectivity index (χ0) is 21.0. The maximum atomic E-state index is 14.3. The van der Waals surface area contributed by atoms with Crippen molar-refractivity contribution in [3.63, 3.8) is 0 Å². The van der Waals surface area contributed by atoms with Gasteiger partial charge in [-0.25, -0.2) is 22.0 Å². The first-order chi connectivity index (χ1) is 13.9. The molecule has 0 bridgehead atoms. The molecule has 0 amide bonds. The van der Waals surface area contributed by atoms with E-state index < -0.39 is 29.1 Å². The van der Waals surface area contributed by atoms with E-state index in [4.69, 9.17) is 0 Å². The van der Waals surface area contributed by atoms with Gasteiger partial charge in [-0.05, 0) is 54.1 Å². The van der Waals surface area contributed by atoms with Gasteiger partial charge in [0.2, 0.25) is 0 Å². The van der Waals surface area contributed by atoms with E-state index in [0.29, 0.717) is 17.5 Å². The Morgan fingerprint density at radius 1 is 0.724 bits per heavy atom. The highest BCUT2D eigenvalue weighted by Crippen LogP contribution is 2.24. The molecule has 0 spiro atoms. The van der Waals surface area contributed by atoms with Crippen LogP contribution in [0.3, 0.4) is 0 Å². The average Bonchev–Trinajstić information content (AvgIpc) is 2.69. The molecule has 0 aliphatic carbocycles. The van der Waals surface area contributed by atoms with Crippen LogP contribution in [-0.4, -0.2) is 0 Å². The van der Waals surface area contributed by atoms with E-state index in [1.807, 2.05) is 0 Å². The molecule has 0 unspecified atom stereocenters. The quantitative estimate of drug-likeness (QED) is 0.186. The standard InChI is InChI=1S/C24H19F5/c1-2-3-4-5-6-16-12-20(25)19(21(26)13-16)10-8-15-7-9-18-17(11-15)14-22(27)24(29)23(18)28/h7,9,11-14H,2-6H2,1H3. The molecule has 0 saturated carbocycles. The Bertz CT molecular complexity index is 1080. The minimum Gasteiger partial charge on any atom is -0.206 e. The first kappa shape index (κ1) is 20.9. The Kier molecular flexibility index (Phi) is 6.53. The Balaban J connectivity index is 1.86. The topological polar surface area (TPSA) is 0 Å². The van der Waals surface area contributed by atoms with Crippen molar-refractivity contribution in [2.24, 2.45) is 0 Å². The molecule has 0 N–H and O–H groups in total. The van der Waals surface area contributed by atoms with E-state index in [2.05, 4.69) is 18.8 Å². The van der Waals surface area contributed by atoms with E-state index >= 15 is 0 Å². The first-order valence-corrected chi connectivity index (χ1v) is 9.48. The van der Waals surface area contributed by atoms with Crippen molar-refractivity contribution < 1.29 is 22.0 Å². The fourth-order valence-corrected chi connectivity index (χ4v) is 3.16. The van der Waals surface area contributed by atoms with Gasteiger partial charge < -0.3 is 0 Å². The highest BCUT2D eigenvalue weighted by Gasteiger charge is 2.13. The van der Waals surface area contributed by atoms with Crippen molar-refractivity contribution in [3.05, 3.63) is 82.2 Å². The molecule has 0 fully saturated rings. The molecule has 0 heterocycles. The zero-order valence-electron chi connectivity index (χ0n) is 15.9. The van der Waals surface area contributed by atoms with Gasteiger partial charge in [-0.2, -0.15) is 0 Å². The van der Waals surface area contributed by atoms with Gasteiger partial charge in [-0.15, -0.1) is 0 Å². The summed E-state index contributed by atoms with van der Waals surface area (Å²) < 4.78 is 69.1. The molecule has 0 aliphatic rings. The highest BCUT2D eigenvalue weighted by molar-refractivity contribution is 5.84. The van der Waals surface area contributed by atoms with Crippen LogP contribution in [0.25, 0.3) is 10.8 Å². The molecule has 0 nitrogen and oxygen atoms in total. The van der Waals surface area contributed by atoms with Crippen LogP contribution in [0, 0.1) is 40.9 Å². The molecule has 0 radical (unpaired) electrons. The second-order valence-corrected chi connectivity index (χ2v) is 6.92. The largest absolute Gasteiger partial charge is 0.206 e. The number of hydrogen-bond donors (Lipinski definition) is 0. The van der Waals surface area contributed by atoms with Crippen molar-refractivity contribution in [2.45, 2.75) is 39.0 Å². The third kappa shape index (κ3) is 4.76. The molecular formula is C24H19F5. The van der Waals surface area contributed by atoms with Crippen molar-refractivity contribution in [1.82, 2.24) is 0 Å². The fraction of sp³-hybridized carbons (Fsp3) is 0.250. The van der Waals surface area contributed by atoms with Crippen LogP contribution in [0.15, 0.2) is 36.4 Å². The average molecular weight is 402 g/mol. The van der Waals surface area contributed by atoms with Crippen LogP contribution in [0.2, 0.25) is 0 Å². The Morgan fingerprint density at radius 3 is 2.14 bits per heavy atom. The van der Waals surface area contributed by atoms with Gasteiger partial charge in [0.15, 0.2) is 17.5 Å². The molecule has 29 heavy (non-hydrogen) atoms. The third-order valence-corrected chi connectivity index (χ3v) is 4.73. The first-order valence-electron chi connectivity index (χ1n) is 9.48. The summed E-state index contributed by atoms with van der Waals surface area (Å²) in [5.41, 5.74) is 0.518. The van der Waals surface area contributed by atoms with Crippen LogP contribution in [0.5, 0.6) is 0 Å². The number of hydrogen-bond acceptors (Lipinski definition) is 0. The van der Waals surface area contributed by atoms with Gasteiger partial charge in [0.25, 0.3) is 0 Å². The van der Waals surface area contributed by atoms with E-state index in [1.54, 1.807) is 0 Å². The Hall–Kier alpha value is -2.87. The number of fused-ring (bicyclic) bond motifs is 1. The molecule has 5 heteroatoms. The van der Waals surface area contributed by atoms with E-state index in [-0.39, 0.29) is 16.3 Å². The Labute approximate surface area is 166 Å². The maximum Gasteiger partial charge on any atom is 0.195 e. The zero-order valence-corrected chi connectivity index (χ0v) is 15.9. The fourth-order valence-electron chi connectivity index (χ4n) is 3.16. The SMILES string of the molecule is CCCCCCc1cc(F)c(C#Cc2ccc3c(F)c(F)c(F)cc3c2)c(F)c1. The van der Waals surface area contributed by atoms with Crippen molar-refractivity contribution in [2.75, 3.05) is 0 Å². The van der Waals surface area contributed by atoms with Gasteiger partial charge in [-0.1, -0.05) is 44.1 Å². The summed E-state index contributed by atoms with van der Waals surface area (Å²) in [6, 6.07) is 7.40. The molecule has 3 aromatic rings. The summed E-state index contributed by atoms with van der Waals surface area (Å²) in [6.45, 7) is 2.09. The van der Waals surface area contributed by atoms with Gasteiger partial charge in [-0.3, -0.25) is 0 Å². The minimum absolute atomic E-state index is 0.0979. The van der Waals surface area contributed by atoms with Crippen LogP contribution in [-0.2, 0) is 6.42 Å². The van der Waals surface area contributed by atoms with Gasteiger partial charge in [0, 0.05) is 10.9 Å². The van der Waals surface area contributed by atoms with E-state index in [9.17, 15) is 22.0 Å². The lowest BCUT2D eigenvalue weighted by Gasteiger charge is -2.05. The number of unbranched alkanes of at least 4 members (excludes halogenated alkanes) is 3. The lowest BCUT2D eigenvalue weighted by Crippen LogP contribution is -1.96. The number of rotatable bonds is 5. The summed E-state index contributed by atoms with van der Waals surface area (Å²) in [5, 5.41) is 0.0100. The summed E-state index contributed by atoms with van der Waals surface area (Å²) in [7, 11) is 0. The summed E-state index contributed by atoms with van der Waals surface area (Å²) >= 11 is 0. The van der Waals surface area contributed by atoms with Crippen LogP contribution in [0.4, 0.5) is 22.0 Å². The van der Waals surface area contributed by atoms with Crippen molar-refractivity contribution in [1.29, 1.82) is 0 Å². The van der Waals surface area contributed by atoms with Gasteiger partial charge >= 0.3 is 0 Å². The predicted molar refractivity (Wildman–Crippen MR) is 104 cm³/mol. The maximum absolute atomic E-state index is 14.3. The second kappa shape index (κ2) is 9.09. The molecule has 0 saturated heterocycles. The number of benzene rings is 3.